The molecule has 0 aliphatic carbocycles. The van der Waals surface area contributed by atoms with Gasteiger partial charge in [0.05, 0.1) is 0 Å². The molecule has 0 aromatic rings. The van der Waals surface area contributed by atoms with Crippen molar-refractivity contribution >= 4 is 0 Å². The molecule has 4 N–H and O–H groups in total. The molecule has 0 radical (unpaired) electrons. The molecule has 8 heteroatoms. The zero-order valence-electron chi connectivity index (χ0n) is 4.62. The van der Waals surface area contributed by atoms with Crippen LogP contribution in [-0.2, 0) is 28.3 Å². The second-order valence-electron chi connectivity index (χ2n) is 0. The standard InChI is InChI=1S/Cr.2Li.3H2O.2O/h;;;3*1H2;;/q+4;2*+1;;;;2*-2/p-2. The van der Waals surface area contributed by atoms with Crippen molar-refractivity contribution in [3.63, 3.8) is 0 Å². The van der Waals surface area contributed by atoms with Crippen LogP contribution in [0.2, 0.25) is 0 Å². The Balaban J connectivity index is 0. The maximum atomic E-state index is 0. The van der Waals surface area contributed by atoms with Crippen molar-refractivity contribution in [3.8, 4) is 0 Å². The second-order valence-corrected chi connectivity index (χ2v) is 0. The van der Waals surface area contributed by atoms with Crippen LogP contribution < -0.4 is 37.7 Å². The van der Waals surface area contributed by atoms with E-state index in [1.807, 2.05) is 0 Å². The summed E-state index contributed by atoms with van der Waals surface area (Å²) in [5.41, 5.74) is 0. The molecule has 0 saturated carbocycles. The third kappa shape index (κ3) is 137. The fourth-order valence-electron chi connectivity index (χ4n) is 0. The maximum absolute atomic E-state index is 0. The quantitative estimate of drug-likeness (QED) is 0.315. The Morgan fingerprint density at radius 1 is 0.625 bits per heavy atom. The average molecular weight is 150 g/mol. The van der Waals surface area contributed by atoms with Crippen molar-refractivity contribution < 1.29 is 82.5 Å². The minimum absolute atomic E-state index is 0. The molecule has 0 bridgehead atoms. The number of hydrogen-bond donors (Lipinski definition) is 0. The summed E-state index contributed by atoms with van der Waals surface area (Å²) in [6.07, 6.45) is 0. The Bertz CT molecular complexity index is 10.4. The third-order valence-corrected chi connectivity index (χ3v) is 0. The molecule has 0 amide bonds. The van der Waals surface area contributed by atoms with Gasteiger partial charge in [0.1, 0.15) is 0 Å². The van der Waals surface area contributed by atoms with E-state index in [0.29, 0.717) is 0 Å². The van der Waals surface area contributed by atoms with Gasteiger partial charge in [0.25, 0.3) is 0 Å². The van der Waals surface area contributed by atoms with Crippen LogP contribution >= 0.6 is 0 Å². The minimum atomic E-state index is 0. The summed E-state index contributed by atoms with van der Waals surface area (Å²) in [7, 11) is 0. The molecule has 0 aromatic carbocycles. The molecule has 0 heterocycles. The van der Waals surface area contributed by atoms with Crippen LogP contribution in [-0.4, -0.2) is 16.4 Å². The van der Waals surface area contributed by atoms with E-state index in [4.69, 9.17) is 0 Å². The average Bonchev–Trinajstić information content (AvgIpc) is 0. The van der Waals surface area contributed by atoms with Crippen molar-refractivity contribution in [1.29, 1.82) is 0 Å². The van der Waals surface area contributed by atoms with Crippen LogP contribution in [0.25, 0.3) is 0 Å². The van der Waals surface area contributed by atoms with Crippen molar-refractivity contribution in [2.24, 2.45) is 0 Å². The molecule has 0 saturated heterocycles. The Morgan fingerprint density at radius 3 is 0.625 bits per heavy atom. The summed E-state index contributed by atoms with van der Waals surface area (Å²) in [5.74, 6) is 0. The van der Waals surface area contributed by atoms with Crippen molar-refractivity contribution in [2.45, 2.75) is 0 Å². The van der Waals surface area contributed by atoms with E-state index >= 15 is 0 Å². The van der Waals surface area contributed by atoms with Gasteiger partial charge in [-0.1, -0.05) is 0 Å². The Labute approximate surface area is 82.2 Å². The second kappa shape index (κ2) is 207. The first-order chi connectivity index (χ1) is 0. The molecule has 8 heavy (non-hydrogen) atoms. The first-order valence-corrected chi connectivity index (χ1v) is 0. The van der Waals surface area contributed by atoms with E-state index in [-0.39, 0.29) is 82.5 Å². The molecule has 0 atom stereocenters. The molecule has 0 spiro atoms. The first kappa shape index (κ1) is 297. The fraction of sp³-hybridized carbons (Fsp3) is 0. The normalized spacial score (nSPS) is 0. The summed E-state index contributed by atoms with van der Waals surface area (Å²) in [6.45, 7) is 0. The number of rotatable bonds is 0. The van der Waals surface area contributed by atoms with E-state index in [1.165, 1.54) is 0 Å². The zero-order chi connectivity index (χ0) is 0. The smallest absolute Gasteiger partial charge is 2.00 e. The Kier molecular flexibility index (Phi) is 7690. The topological polar surface area (TPSA) is 148 Å². The summed E-state index contributed by atoms with van der Waals surface area (Å²) >= 11 is 0. The van der Waals surface area contributed by atoms with Crippen molar-refractivity contribution in [1.82, 2.24) is 0 Å². The largest absolute Gasteiger partial charge is 4.00 e. The van der Waals surface area contributed by atoms with Gasteiger partial charge >= 0.3 is 55.1 Å². The van der Waals surface area contributed by atoms with Gasteiger partial charge < -0.3 is 27.4 Å². The Hall–Kier alpha value is 1.53. The van der Waals surface area contributed by atoms with Crippen LogP contribution in [0.1, 0.15) is 0 Å². The molecule has 42 valence electrons. The maximum Gasteiger partial charge on any atom is 4.00 e. The van der Waals surface area contributed by atoms with Crippen LogP contribution in [0.3, 0.4) is 0 Å². The SMILES string of the molecule is O.[Cr+4].[Li+].[Li+].[O-2].[O-2].[OH-].[OH-]. The van der Waals surface area contributed by atoms with E-state index in [9.17, 15) is 0 Å². The molecule has 0 unspecified atom stereocenters. The van der Waals surface area contributed by atoms with E-state index < -0.39 is 0 Å². The van der Waals surface area contributed by atoms with Gasteiger partial charge in [-0.05, 0) is 0 Å². The molecule has 0 aromatic heterocycles. The molecular formula is H4CrLi2O5. The van der Waals surface area contributed by atoms with E-state index in [2.05, 4.69) is 0 Å². The molecule has 0 aliphatic heterocycles. The van der Waals surface area contributed by atoms with Crippen LogP contribution in [0.5, 0.6) is 0 Å². The fourth-order valence-corrected chi connectivity index (χ4v) is 0. The van der Waals surface area contributed by atoms with Gasteiger partial charge in [0.15, 0.2) is 0 Å². The first-order valence-electron chi connectivity index (χ1n) is 0. The summed E-state index contributed by atoms with van der Waals surface area (Å²) in [4.78, 5) is 0. The van der Waals surface area contributed by atoms with Crippen LogP contribution in [0.15, 0.2) is 0 Å². The van der Waals surface area contributed by atoms with E-state index in [0.717, 1.165) is 0 Å². The molecule has 0 rings (SSSR count). The zero-order valence-corrected chi connectivity index (χ0v) is 5.89. The van der Waals surface area contributed by atoms with E-state index in [1.54, 1.807) is 0 Å². The van der Waals surface area contributed by atoms with Crippen molar-refractivity contribution in [2.75, 3.05) is 0 Å². The molecule has 0 fully saturated rings. The monoisotopic (exact) mass is 150 g/mol. The van der Waals surface area contributed by atoms with Crippen LogP contribution in [0, 0.1) is 0 Å². The number of hydrogen-bond acceptors (Lipinski definition) is 2. The van der Waals surface area contributed by atoms with Gasteiger partial charge in [-0.25, -0.2) is 0 Å². The van der Waals surface area contributed by atoms with Crippen molar-refractivity contribution in [3.05, 3.63) is 0 Å². The summed E-state index contributed by atoms with van der Waals surface area (Å²) < 4.78 is 0. The minimum Gasteiger partial charge on any atom is -2.00 e. The van der Waals surface area contributed by atoms with Gasteiger partial charge in [-0.15, -0.1) is 0 Å². The Morgan fingerprint density at radius 2 is 0.625 bits per heavy atom. The summed E-state index contributed by atoms with van der Waals surface area (Å²) in [6, 6.07) is 0. The van der Waals surface area contributed by atoms with Gasteiger partial charge in [-0.3, -0.25) is 0 Å². The van der Waals surface area contributed by atoms with Gasteiger partial charge in [0, 0.05) is 0 Å². The van der Waals surface area contributed by atoms with Gasteiger partial charge in [0.2, 0.25) is 0 Å². The molecule has 0 aliphatic rings. The predicted octanol–water partition coefficient (Wildman–Crippen LogP) is -7.41. The van der Waals surface area contributed by atoms with Crippen LogP contribution in [0.4, 0.5) is 0 Å². The third-order valence-electron chi connectivity index (χ3n) is 0. The van der Waals surface area contributed by atoms with Gasteiger partial charge in [-0.2, -0.15) is 0 Å². The molecule has 5 nitrogen and oxygen atoms in total. The molecular weight excluding hydrogens is 146 g/mol. The summed E-state index contributed by atoms with van der Waals surface area (Å²) in [5, 5.41) is 0. The predicted molar refractivity (Wildman–Crippen MR) is 8.86 cm³/mol.